The van der Waals surface area contributed by atoms with Gasteiger partial charge in [0.2, 0.25) is 0 Å². The second kappa shape index (κ2) is 8.67. The predicted molar refractivity (Wildman–Crippen MR) is 111 cm³/mol. The molecular formula is C21H22BrN3O3. The van der Waals surface area contributed by atoms with Gasteiger partial charge in [-0.1, -0.05) is 28.1 Å². The van der Waals surface area contributed by atoms with Crippen LogP contribution in [0, 0.1) is 0 Å². The molecule has 28 heavy (non-hydrogen) atoms. The molecule has 3 rings (SSSR count). The average molecular weight is 444 g/mol. The molecule has 1 aliphatic rings. The van der Waals surface area contributed by atoms with Gasteiger partial charge < -0.3 is 14.9 Å². The first-order chi connectivity index (χ1) is 13.4. The Bertz CT molecular complexity index is 895. The van der Waals surface area contributed by atoms with Gasteiger partial charge in [-0.25, -0.2) is 0 Å². The van der Waals surface area contributed by atoms with Gasteiger partial charge in [0.1, 0.15) is 5.76 Å². The minimum absolute atomic E-state index is 0.114. The van der Waals surface area contributed by atoms with Crippen LogP contribution in [0.1, 0.15) is 23.6 Å². The maximum absolute atomic E-state index is 12.8. The summed E-state index contributed by atoms with van der Waals surface area (Å²) in [6.07, 6.45) is 3.80. The lowest BCUT2D eigenvalue weighted by atomic mass is 9.95. The number of nitrogens with zero attached hydrogens (tertiary/aromatic N) is 3. The molecule has 7 heteroatoms. The number of pyridine rings is 1. The van der Waals surface area contributed by atoms with Gasteiger partial charge in [0.15, 0.2) is 0 Å². The molecule has 1 aromatic carbocycles. The molecule has 2 heterocycles. The fourth-order valence-corrected chi connectivity index (χ4v) is 3.59. The van der Waals surface area contributed by atoms with Gasteiger partial charge in [0, 0.05) is 29.0 Å². The quantitative estimate of drug-likeness (QED) is 0.421. The third-order valence-corrected chi connectivity index (χ3v) is 5.21. The maximum Gasteiger partial charge on any atom is 0.295 e. The summed E-state index contributed by atoms with van der Waals surface area (Å²) in [7, 11) is 3.92. The number of ketones is 1. The molecule has 1 atom stereocenters. The molecular weight excluding hydrogens is 422 g/mol. The van der Waals surface area contributed by atoms with E-state index in [0.717, 1.165) is 23.0 Å². The summed E-state index contributed by atoms with van der Waals surface area (Å²) >= 11 is 3.41. The molecule has 0 saturated carbocycles. The second-order valence-corrected chi connectivity index (χ2v) is 7.85. The van der Waals surface area contributed by atoms with Crippen LogP contribution in [0.3, 0.4) is 0 Å². The van der Waals surface area contributed by atoms with E-state index in [0.29, 0.717) is 12.1 Å². The third-order valence-electron chi connectivity index (χ3n) is 4.68. The Kier molecular flexibility index (Phi) is 6.26. The zero-order valence-corrected chi connectivity index (χ0v) is 17.4. The van der Waals surface area contributed by atoms with Crippen LogP contribution in [0.4, 0.5) is 0 Å². The molecule has 146 valence electrons. The van der Waals surface area contributed by atoms with E-state index in [1.807, 2.05) is 43.3 Å². The smallest absolute Gasteiger partial charge is 0.295 e. The Labute approximate surface area is 172 Å². The van der Waals surface area contributed by atoms with Crippen molar-refractivity contribution in [1.82, 2.24) is 14.8 Å². The summed E-state index contributed by atoms with van der Waals surface area (Å²) in [5.41, 5.74) is 1.36. The normalized spacial score (nSPS) is 18.9. The van der Waals surface area contributed by atoms with Crippen molar-refractivity contribution in [2.24, 2.45) is 0 Å². The van der Waals surface area contributed by atoms with E-state index in [9.17, 15) is 14.7 Å². The van der Waals surface area contributed by atoms with E-state index in [-0.39, 0.29) is 11.3 Å². The number of amides is 1. The van der Waals surface area contributed by atoms with Gasteiger partial charge in [-0.2, -0.15) is 0 Å². The maximum atomic E-state index is 12.8. The van der Waals surface area contributed by atoms with Crippen LogP contribution in [-0.4, -0.2) is 58.8 Å². The molecule has 1 aliphatic heterocycles. The molecule has 1 aromatic heterocycles. The predicted octanol–water partition coefficient (Wildman–Crippen LogP) is 3.22. The van der Waals surface area contributed by atoms with Crippen LogP contribution in [0.5, 0.6) is 0 Å². The number of benzene rings is 1. The molecule has 1 N–H and O–H groups in total. The fraction of sp³-hybridized carbons (Fsp3) is 0.286. The number of aromatic nitrogens is 1. The van der Waals surface area contributed by atoms with Gasteiger partial charge >= 0.3 is 0 Å². The van der Waals surface area contributed by atoms with E-state index in [1.165, 1.54) is 12.4 Å². The third kappa shape index (κ3) is 4.15. The number of carbonyl (C=O) groups excluding carboxylic acids is 2. The molecule has 1 amide bonds. The van der Waals surface area contributed by atoms with Gasteiger partial charge in [0.05, 0.1) is 11.6 Å². The minimum atomic E-state index is -0.660. The largest absolute Gasteiger partial charge is 0.507 e. The van der Waals surface area contributed by atoms with Crippen molar-refractivity contribution in [2.45, 2.75) is 12.5 Å². The zero-order chi connectivity index (χ0) is 20.3. The van der Waals surface area contributed by atoms with Crippen LogP contribution in [0.2, 0.25) is 0 Å². The van der Waals surface area contributed by atoms with Crippen molar-refractivity contribution in [3.05, 3.63) is 70.0 Å². The lowest BCUT2D eigenvalue weighted by Gasteiger charge is -2.26. The lowest BCUT2D eigenvalue weighted by Crippen LogP contribution is -2.32. The first kappa shape index (κ1) is 20.2. The number of Topliss-reactive ketones (excluding diaryl/α,β-unsaturated/α-hetero) is 1. The number of aliphatic hydroxyl groups is 1. The molecule has 0 spiro atoms. The van der Waals surface area contributed by atoms with E-state index >= 15 is 0 Å². The summed E-state index contributed by atoms with van der Waals surface area (Å²) in [5, 5.41) is 10.9. The second-order valence-electron chi connectivity index (χ2n) is 6.94. The standard InChI is InChI=1S/C21H22BrN3O3/c1-24(2)12-3-13-25-18(14-4-6-16(22)7-5-14)17(20(27)21(25)28)19(26)15-8-10-23-11-9-15/h4-11,18,26H,3,12-13H2,1-2H3/b19-17+/t18-/m0/s1. The highest BCUT2D eigenvalue weighted by atomic mass is 79.9. The van der Waals surface area contributed by atoms with Crippen molar-refractivity contribution in [1.29, 1.82) is 0 Å². The first-order valence-electron chi connectivity index (χ1n) is 8.99. The van der Waals surface area contributed by atoms with Crippen molar-refractivity contribution in [2.75, 3.05) is 27.2 Å². The number of aliphatic hydroxyl groups excluding tert-OH is 1. The molecule has 0 radical (unpaired) electrons. The Balaban J connectivity index is 2.07. The summed E-state index contributed by atoms with van der Waals surface area (Å²) in [5.74, 6) is -1.42. The number of halogens is 1. The van der Waals surface area contributed by atoms with Crippen LogP contribution < -0.4 is 0 Å². The number of hydrogen-bond acceptors (Lipinski definition) is 5. The van der Waals surface area contributed by atoms with Gasteiger partial charge in [0.25, 0.3) is 11.7 Å². The minimum Gasteiger partial charge on any atom is -0.507 e. The Morgan fingerprint density at radius 1 is 1.14 bits per heavy atom. The molecule has 1 saturated heterocycles. The highest BCUT2D eigenvalue weighted by Gasteiger charge is 2.45. The summed E-state index contributed by atoms with van der Waals surface area (Å²) in [6, 6.07) is 10.1. The van der Waals surface area contributed by atoms with E-state index in [2.05, 4.69) is 20.9 Å². The fourth-order valence-electron chi connectivity index (χ4n) is 3.32. The van der Waals surface area contributed by atoms with E-state index in [4.69, 9.17) is 0 Å². The summed E-state index contributed by atoms with van der Waals surface area (Å²) in [4.78, 5) is 33.1. The van der Waals surface area contributed by atoms with Crippen LogP contribution in [-0.2, 0) is 9.59 Å². The van der Waals surface area contributed by atoms with Gasteiger partial charge in [-0.15, -0.1) is 0 Å². The highest BCUT2D eigenvalue weighted by molar-refractivity contribution is 9.10. The zero-order valence-electron chi connectivity index (χ0n) is 15.8. The van der Waals surface area contributed by atoms with Crippen molar-refractivity contribution in [3.63, 3.8) is 0 Å². The van der Waals surface area contributed by atoms with Gasteiger partial charge in [-0.3, -0.25) is 14.6 Å². The topological polar surface area (TPSA) is 73.7 Å². The van der Waals surface area contributed by atoms with E-state index < -0.39 is 17.7 Å². The monoisotopic (exact) mass is 443 g/mol. The van der Waals surface area contributed by atoms with E-state index in [1.54, 1.807) is 17.0 Å². The number of rotatable bonds is 6. The molecule has 6 nitrogen and oxygen atoms in total. The number of likely N-dealkylation sites (tertiary alicyclic amines) is 1. The first-order valence-corrected chi connectivity index (χ1v) is 9.78. The van der Waals surface area contributed by atoms with Crippen LogP contribution in [0.25, 0.3) is 5.76 Å². The van der Waals surface area contributed by atoms with Crippen molar-refractivity contribution >= 4 is 33.4 Å². The van der Waals surface area contributed by atoms with Crippen LogP contribution >= 0.6 is 15.9 Å². The molecule has 2 aromatic rings. The molecule has 0 bridgehead atoms. The van der Waals surface area contributed by atoms with Crippen molar-refractivity contribution < 1.29 is 14.7 Å². The Hall–Kier alpha value is -2.51. The van der Waals surface area contributed by atoms with Gasteiger partial charge in [-0.05, 0) is 56.9 Å². The van der Waals surface area contributed by atoms with Crippen LogP contribution in [0.15, 0.2) is 58.8 Å². The number of carbonyl (C=O) groups is 2. The average Bonchev–Trinajstić information content (AvgIpc) is 2.93. The molecule has 0 aliphatic carbocycles. The molecule has 0 unspecified atom stereocenters. The molecule has 1 fully saturated rings. The lowest BCUT2D eigenvalue weighted by molar-refractivity contribution is -0.139. The summed E-state index contributed by atoms with van der Waals surface area (Å²) < 4.78 is 0.898. The number of hydrogen-bond donors (Lipinski definition) is 1. The Morgan fingerprint density at radius 2 is 1.79 bits per heavy atom. The van der Waals surface area contributed by atoms with Crippen molar-refractivity contribution in [3.8, 4) is 0 Å². The highest BCUT2D eigenvalue weighted by Crippen LogP contribution is 2.39. The SMILES string of the molecule is CN(C)CCCN1C(=O)C(=O)/C(=C(/O)c2ccncc2)[C@@H]1c1ccc(Br)cc1. The summed E-state index contributed by atoms with van der Waals surface area (Å²) in [6.45, 7) is 1.22. The Morgan fingerprint density at radius 3 is 2.39 bits per heavy atom.